The van der Waals surface area contributed by atoms with Crippen molar-refractivity contribution in [2.24, 2.45) is 0 Å². The molecule has 1 aliphatic heterocycles. The van der Waals surface area contributed by atoms with Gasteiger partial charge in [-0.05, 0) is 41.8 Å². The van der Waals surface area contributed by atoms with E-state index in [9.17, 15) is 9.90 Å². The minimum atomic E-state index is -0.275. The van der Waals surface area contributed by atoms with Crippen molar-refractivity contribution in [1.82, 2.24) is 9.47 Å². The molecule has 3 rings (SSSR count). The van der Waals surface area contributed by atoms with Crippen LogP contribution < -0.4 is 0 Å². The van der Waals surface area contributed by atoms with Crippen molar-refractivity contribution >= 4 is 21.8 Å². The summed E-state index contributed by atoms with van der Waals surface area (Å²) >= 11 is 3.46. The molecule has 0 aromatic carbocycles. The SMILES string of the molecule is CC1COC(CO)CN1C(=O)c1cc(Br)cn1C1CC1. The standard InChI is InChI=1S/C14H19BrN2O3/c1-9-8-20-12(7-18)6-16(9)14(19)13-4-10(15)5-17(13)11-2-3-11/h4-5,9,11-12,18H,2-3,6-8H2,1H3. The summed E-state index contributed by atoms with van der Waals surface area (Å²) in [5, 5.41) is 9.23. The van der Waals surface area contributed by atoms with E-state index in [0.29, 0.717) is 19.2 Å². The number of halogens is 1. The van der Waals surface area contributed by atoms with Gasteiger partial charge < -0.3 is 19.3 Å². The van der Waals surface area contributed by atoms with Crippen LogP contribution in [0.2, 0.25) is 0 Å². The molecule has 0 bridgehead atoms. The summed E-state index contributed by atoms with van der Waals surface area (Å²) in [6, 6.07) is 2.38. The molecule has 2 unspecified atom stereocenters. The third-order valence-electron chi connectivity index (χ3n) is 3.94. The molecule has 0 radical (unpaired) electrons. The first-order valence-corrected chi connectivity index (χ1v) is 7.80. The fraction of sp³-hybridized carbons (Fsp3) is 0.643. The molecule has 0 spiro atoms. The average molecular weight is 343 g/mol. The number of carbonyl (C=O) groups excluding carboxylic acids is 1. The van der Waals surface area contributed by atoms with Gasteiger partial charge >= 0.3 is 0 Å². The van der Waals surface area contributed by atoms with Crippen LogP contribution >= 0.6 is 15.9 Å². The molecule has 1 aromatic heterocycles. The highest BCUT2D eigenvalue weighted by atomic mass is 79.9. The molecule has 2 fully saturated rings. The topological polar surface area (TPSA) is 54.7 Å². The van der Waals surface area contributed by atoms with Crippen molar-refractivity contribution in [1.29, 1.82) is 0 Å². The van der Waals surface area contributed by atoms with Gasteiger partial charge in [-0.2, -0.15) is 0 Å². The van der Waals surface area contributed by atoms with Crippen molar-refractivity contribution in [3.05, 3.63) is 22.4 Å². The average Bonchev–Trinajstić information content (AvgIpc) is 3.21. The number of rotatable bonds is 3. The van der Waals surface area contributed by atoms with Crippen LogP contribution in [0.15, 0.2) is 16.7 Å². The number of aliphatic hydroxyl groups excluding tert-OH is 1. The van der Waals surface area contributed by atoms with Crippen LogP contribution in [-0.2, 0) is 4.74 Å². The third-order valence-corrected chi connectivity index (χ3v) is 4.38. The van der Waals surface area contributed by atoms with Crippen LogP contribution in [0.5, 0.6) is 0 Å². The molecule has 6 heteroatoms. The number of amides is 1. The molecule has 1 aliphatic carbocycles. The number of aliphatic hydroxyl groups is 1. The van der Waals surface area contributed by atoms with Crippen LogP contribution in [0.3, 0.4) is 0 Å². The number of nitrogens with zero attached hydrogens (tertiary/aromatic N) is 2. The van der Waals surface area contributed by atoms with Crippen molar-refractivity contribution < 1.29 is 14.6 Å². The monoisotopic (exact) mass is 342 g/mol. The van der Waals surface area contributed by atoms with E-state index in [2.05, 4.69) is 20.5 Å². The second-order valence-electron chi connectivity index (χ2n) is 5.63. The van der Waals surface area contributed by atoms with E-state index in [1.54, 1.807) is 0 Å². The number of aromatic nitrogens is 1. The Morgan fingerprint density at radius 1 is 1.55 bits per heavy atom. The molecule has 20 heavy (non-hydrogen) atoms. The van der Waals surface area contributed by atoms with Gasteiger partial charge in [-0.15, -0.1) is 0 Å². The highest BCUT2D eigenvalue weighted by Crippen LogP contribution is 2.38. The van der Waals surface area contributed by atoms with E-state index in [-0.39, 0.29) is 24.7 Å². The lowest BCUT2D eigenvalue weighted by Crippen LogP contribution is -2.52. The van der Waals surface area contributed by atoms with Gasteiger partial charge in [0.15, 0.2) is 0 Å². The molecule has 2 heterocycles. The van der Waals surface area contributed by atoms with Crippen molar-refractivity contribution in [3.8, 4) is 0 Å². The fourth-order valence-corrected chi connectivity index (χ4v) is 3.07. The lowest BCUT2D eigenvalue weighted by atomic mass is 10.2. The quantitative estimate of drug-likeness (QED) is 0.911. The molecule has 1 saturated heterocycles. The maximum atomic E-state index is 12.8. The van der Waals surface area contributed by atoms with E-state index >= 15 is 0 Å². The van der Waals surface area contributed by atoms with E-state index in [4.69, 9.17) is 4.74 Å². The molecule has 110 valence electrons. The highest BCUT2D eigenvalue weighted by Gasteiger charge is 2.34. The summed E-state index contributed by atoms with van der Waals surface area (Å²) in [6.45, 7) is 2.85. The van der Waals surface area contributed by atoms with Gasteiger partial charge in [0.2, 0.25) is 0 Å². The molecule has 1 aromatic rings. The zero-order valence-corrected chi connectivity index (χ0v) is 13.0. The zero-order valence-electron chi connectivity index (χ0n) is 11.5. The van der Waals surface area contributed by atoms with E-state index in [1.165, 1.54) is 0 Å². The first kappa shape index (κ1) is 14.1. The van der Waals surface area contributed by atoms with Crippen molar-refractivity contribution in [3.63, 3.8) is 0 Å². The number of hydrogen-bond donors (Lipinski definition) is 1. The second-order valence-corrected chi connectivity index (χ2v) is 6.54. The fourth-order valence-electron chi connectivity index (χ4n) is 2.63. The molecular formula is C14H19BrN2O3. The van der Waals surface area contributed by atoms with Crippen LogP contribution in [0.4, 0.5) is 0 Å². The Kier molecular flexibility index (Phi) is 3.88. The predicted molar refractivity (Wildman–Crippen MR) is 77.7 cm³/mol. The summed E-state index contributed by atoms with van der Waals surface area (Å²) in [5.74, 6) is 0.0249. The molecule has 1 amide bonds. The summed E-state index contributed by atoms with van der Waals surface area (Å²) in [5.41, 5.74) is 0.727. The minimum Gasteiger partial charge on any atom is -0.394 e. The van der Waals surface area contributed by atoms with E-state index in [1.807, 2.05) is 24.1 Å². The van der Waals surface area contributed by atoms with Crippen molar-refractivity contribution in [2.45, 2.75) is 38.0 Å². The van der Waals surface area contributed by atoms with Crippen LogP contribution in [0.1, 0.15) is 36.3 Å². The van der Waals surface area contributed by atoms with Gasteiger partial charge in [-0.1, -0.05) is 0 Å². The number of ether oxygens (including phenoxy) is 1. The number of carbonyl (C=O) groups is 1. The third kappa shape index (κ3) is 2.64. The number of hydrogen-bond acceptors (Lipinski definition) is 3. The maximum absolute atomic E-state index is 12.8. The predicted octanol–water partition coefficient (Wildman–Crippen LogP) is 1.81. The van der Waals surface area contributed by atoms with Gasteiger partial charge in [0.25, 0.3) is 5.91 Å². The minimum absolute atomic E-state index is 0.0249. The summed E-state index contributed by atoms with van der Waals surface area (Å²) in [6.07, 6.45) is 3.99. The molecule has 1 N–H and O–H groups in total. The van der Waals surface area contributed by atoms with Crippen LogP contribution in [-0.4, -0.2) is 52.4 Å². The van der Waals surface area contributed by atoms with Crippen molar-refractivity contribution in [2.75, 3.05) is 19.8 Å². The largest absolute Gasteiger partial charge is 0.394 e. The maximum Gasteiger partial charge on any atom is 0.270 e. The number of morpholine rings is 1. The summed E-state index contributed by atoms with van der Waals surface area (Å²) < 4.78 is 8.50. The smallest absolute Gasteiger partial charge is 0.270 e. The van der Waals surface area contributed by atoms with Crippen LogP contribution in [0, 0.1) is 0 Å². The van der Waals surface area contributed by atoms with Crippen LogP contribution in [0.25, 0.3) is 0 Å². The lowest BCUT2D eigenvalue weighted by Gasteiger charge is -2.37. The van der Waals surface area contributed by atoms with Gasteiger partial charge in [0.05, 0.1) is 25.4 Å². The molecule has 1 saturated carbocycles. The normalized spacial score (nSPS) is 26.9. The van der Waals surface area contributed by atoms with Gasteiger partial charge in [-0.25, -0.2) is 0 Å². The Morgan fingerprint density at radius 2 is 2.30 bits per heavy atom. The van der Waals surface area contributed by atoms with E-state index in [0.717, 1.165) is 23.0 Å². The highest BCUT2D eigenvalue weighted by molar-refractivity contribution is 9.10. The summed E-state index contributed by atoms with van der Waals surface area (Å²) in [7, 11) is 0. The van der Waals surface area contributed by atoms with Gasteiger partial charge in [0, 0.05) is 23.3 Å². The molecule has 5 nitrogen and oxygen atoms in total. The Balaban J connectivity index is 1.83. The Labute approximate surface area is 126 Å². The molecular weight excluding hydrogens is 324 g/mol. The summed E-state index contributed by atoms with van der Waals surface area (Å²) in [4.78, 5) is 14.6. The molecule has 2 atom stereocenters. The van der Waals surface area contributed by atoms with Gasteiger partial charge in [-0.3, -0.25) is 4.79 Å². The zero-order chi connectivity index (χ0) is 14.3. The van der Waals surface area contributed by atoms with Gasteiger partial charge in [0.1, 0.15) is 5.69 Å². The second kappa shape index (κ2) is 5.50. The Bertz CT molecular complexity index is 513. The first-order valence-electron chi connectivity index (χ1n) is 7.01. The van der Waals surface area contributed by atoms with E-state index < -0.39 is 0 Å². The molecule has 2 aliphatic rings. The lowest BCUT2D eigenvalue weighted by molar-refractivity contribution is -0.0669. The first-order chi connectivity index (χ1) is 9.60. The Morgan fingerprint density at radius 3 is 2.95 bits per heavy atom. The Hall–Kier alpha value is -0.850.